The van der Waals surface area contributed by atoms with Crippen LogP contribution in [0.25, 0.3) is 0 Å². The second-order valence-electron chi connectivity index (χ2n) is 6.15. The van der Waals surface area contributed by atoms with Gasteiger partial charge in [0.1, 0.15) is 0 Å². The minimum Gasteiger partial charge on any atom is -0.368 e. The number of hydrogen-bond donors (Lipinski definition) is 0. The zero-order valence-electron chi connectivity index (χ0n) is 14.9. The van der Waals surface area contributed by atoms with Crippen LogP contribution in [0.3, 0.4) is 0 Å². The summed E-state index contributed by atoms with van der Waals surface area (Å²) in [5.41, 5.74) is 0.930. The summed E-state index contributed by atoms with van der Waals surface area (Å²) < 4.78 is 0. The van der Waals surface area contributed by atoms with Crippen LogP contribution in [-0.2, 0) is 4.79 Å². The summed E-state index contributed by atoms with van der Waals surface area (Å²) in [7, 11) is 0. The van der Waals surface area contributed by atoms with Crippen LogP contribution in [0.4, 0.5) is 17.1 Å². The Morgan fingerprint density at radius 2 is 1.57 bits per heavy atom. The largest absolute Gasteiger partial charge is 0.368 e. The van der Waals surface area contributed by atoms with Crippen molar-refractivity contribution >= 4 is 34.7 Å². The van der Waals surface area contributed by atoms with E-state index in [0.29, 0.717) is 31.1 Å². The van der Waals surface area contributed by atoms with Crippen LogP contribution in [0.1, 0.15) is 0 Å². The summed E-state index contributed by atoms with van der Waals surface area (Å²) in [6.07, 6.45) is 0. The number of para-hydroxylation sites is 1. The van der Waals surface area contributed by atoms with Gasteiger partial charge in [-0.25, -0.2) is 0 Å². The third kappa shape index (κ3) is 4.58. The second kappa shape index (κ2) is 8.70. The molecular formula is C18H18N4O5S. The third-order valence-electron chi connectivity index (χ3n) is 4.47. The van der Waals surface area contributed by atoms with Crippen molar-refractivity contribution < 1.29 is 14.6 Å². The van der Waals surface area contributed by atoms with Gasteiger partial charge in [-0.1, -0.05) is 12.1 Å². The Labute approximate surface area is 165 Å². The summed E-state index contributed by atoms with van der Waals surface area (Å²) in [6, 6.07) is 12.7. The van der Waals surface area contributed by atoms with E-state index in [9.17, 15) is 25.0 Å². The molecular weight excluding hydrogens is 384 g/mol. The predicted molar refractivity (Wildman–Crippen MR) is 106 cm³/mol. The molecule has 0 aromatic heterocycles. The molecule has 1 amide bonds. The number of nitrogens with zero attached hydrogens (tertiary/aromatic N) is 4. The number of carbonyl (C=O) groups excluding carboxylic acids is 1. The number of nitro groups is 2. The van der Waals surface area contributed by atoms with E-state index in [1.165, 1.54) is 30.0 Å². The quantitative estimate of drug-likeness (QED) is 0.415. The summed E-state index contributed by atoms with van der Waals surface area (Å²) in [6.45, 7) is 2.32. The third-order valence-corrected chi connectivity index (χ3v) is 5.52. The molecule has 1 fully saturated rings. The van der Waals surface area contributed by atoms with Gasteiger partial charge in [0.2, 0.25) is 5.91 Å². The molecule has 0 aliphatic carbocycles. The summed E-state index contributed by atoms with van der Waals surface area (Å²) in [5, 5.41) is 21.8. The molecule has 0 N–H and O–H groups in total. The maximum absolute atomic E-state index is 12.5. The number of amides is 1. The molecule has 146 valence electrons. The van der Waals surface area contributed by atoms with Crippen LogP contribution in [0.5, 0.6) is 0 Å². The fourth-order valence-corrected chi connectivity index (χ4v) is 3.89. The highest BCUT2D eigenvalue weighted by Crippen LogP contribution is 2.29. The van der Waals surface area contributed by atoms with Gasteiger partial charge >= 0.3 is 0 Å². The first-order valence-electron chi connectivity index (χ1n) is 8.59. The van der Waals surface area contributed by atoms with Crippen molar-refractivity contribution in [1.29, 1.82) is 0 Å². The van der Waals surface area contributed by atoms with E-state index in [2.05, 4.69) is 4.90 Å². The molecule has 0 unspecified atom stereocenters. The van der Waals surface area contributed by atoms with Crippen LogP contribution < -0.4 is 4.90 Å². The van der Waals surface area contributed by atoms with E-state index in [0.717, 1.165) is 5.69 Å². The van der Waals surface area contributed by atoms with Gasteiger partial charge in [-0.3, -0.25) is 25.0 Å². The molecule has 10 heteroatoms. The van der Waals surface area contributed by atoms with Gasteiger partial charge < -0.3 is 9.80 Å². The molecule has 2 aromatic carbocycles. The number of carbonyl (C=O) groups is 1. The van der Waals surface area contributed by atoms with Gasteiger partial charge in [0.15, 0.2) is 0 Å². The number of non-ortho nitro benzene ring substituents is 1. The predicted octanol–water partition coefficient (Wildman–Crippen LogP) is 2.94. The summed E-state index contributed by atoms with van der Waals surface area (Å²) >= 11 is 1.17. The first kappa shape index (κ1) is 19.6. The van der Waals surface area contributed by atoms with E-state index in [4.69, 9.17) is 0 Å². The molecule has 2 aromatic rings. The number of piperazine rings is 1. The lowest BCUT2D eigenvalue weighted by Crippen LogP contribution is -2.49. The Balaban J connectivity index is 1.53. The number of nitro benzene ring substituents is 2. The van der Waals surface area contributed by atoms with Gasteiger partial charge in [-0.15, -0.1) is 11.8 Å². The fraction of sp³-hybridized carbons (Fsp3) is 0.278. The standard InChI is InChI=1S/C18H18N4O5S/c23-18(13-28-17-4-2-1-3-16(17)22(26)27)20-11-9-19(10-12-20)14-5-7-15(8-6-14)21(24)25/h1-8H,9-13H2. The van der Waals surface area contributed by atoms with Crippen molar-refractivity contribution in [3.05, 3.63) is 68.8 Å². The minimum atomic E-state index is -0.449. The number of anilines is 1. The average Bonchev–Trinajstić information content (AvgIpc) is 2.72. The normalized spacial score (nSPS) is 14.0. The van der Waals surface area contributed by atoms with Crippen LogP contribution in [-0.4, -0.2) is 52.6 Å². The molecule has 1 aliphatic heterocycles. The molecule has 3 rings (SSSR count). The summed E-state index contributed by atoms with van der Waals surface area (Å²) in [4.78, 5) is 37.7. The van der Waals surface area contributed by atoms with Crippen molar-refractivity contribution in [2.24, 2.45) is 0 Å². The van der Waals surface area contributed by atoms with Crippen molar-refractivity contribution in [3.8, 4) is 0 Å². The topological polar surface area (TPSA) is 110 Å². The lowest BCUT2D eigenvalue weighted by molar-refractivity contribution is -0.387. The zero-order valence-corrected chi connectivity index (χ0v) is 15.7. The monoisotopic (exact) mass is 402 g/mol. The average molecular weight is 402 g/mol. The Morgan fingerprint density at radius 1 is 0.929 bits per heavy atom. The van der Waals surface area contributed by atoms with E-state index in [-0.39, 0.29) is 23.0 Å². The molecule has 9 nitrogen and oxygen atoms in total. The minimum absolute atomic E-state index is 0.00305. The van der Waals surface area contributed by atoms with Crippen molar-refractivity contribution in [3.63, 3.8) is 0 Å². The van der Waals surface area contributed by atoms with E-state index in [1.54, 1.807) is 35.2 Å². The van der Waals surface area contributed by atoms with E-state index < -0.39 is 9.85 Å². The molecule has 1 saturated heterocycles. The molecule has 0 radical (unpaired) electrons. The molecule has 1 aliphatic rings. The van der Waals surface area contributed by atoms with Gasteiger partial charge in [-0.2, -0.15) is 0 Å². The van der Waals surface area contributed by atoms with E-state index >= 15 is 0 Å². The van der Waals surface area contributed by atoms with Crippen molar-refractivity contribution in [1.82, 2.24) is 4.90 Å². The van der Waals surface area contributed by atoms with Gasteiger partial charge in [0.05, 0.1) is 20.5 Å². The Bertz CT molecular complexity index is 882. The van der Waals surface area contributed by atoms with Gasteiger partial charge in [0.25, 0.3) is 11.4 Å². The maximum atomic E-state index is 12.5. The van der Waals surface area contributed by atoms with Crippen LogP contribution in [0.2, 0.25) is 0 Å². The molecule has 1 heterocycles. The zero-order chi connectivity index (χ0) is 20.1. The fourth-order valence-electron chi connectivity index (χ4n) is 2.96. The van der Waals surface area contributed by atoms with Crippen LogP contribution in [0.15, 0.2) is 53.4 Å². The highest BCUT2D eigenvalue weighted by atomic mass is 32.2. The maximum Gasteiger partial charge on any atom is 0.282 e. The second-order valence-corrected chi connectivity index (χ2v) is 7.17. The number of benzene rings is 2. The highest BCUT2D eigenvalue weighted by Gasteiger charge is 2.23. The van der Waals surface area contributed by atoms with Gasteiger partial charge in [0, 0.05) is 50.1 Å². The Hall–Kier alpha value is -3.14. The first-order chi connectivity index (χ1) is 13.5. The molecule has 28 heavy (non-hydrogen) atoms. The molecule has 0 atom stereocenters. The Kier molecular flexibility index (Phi) is 6.09. The smallest absolute Gasteiger partial charge is 0.282 e. The molecule has 0 spiro atoms. The lowest BCUT2D eigenvalue weighted by Gasteiger charge is -2.36. The van der Waals surface area contributed by atoms with Crippen LogP contribution >= 0.6 is 11.8 Å². The van der Waals surface area contributed by atoms with Crippen LogP contribution in [0, 0.1) is 20.2 Å². The lowest BCUT2D eigenvalue weighted by atomic mass is 10.2. The van der Waals surface area contributed by atoms with E-state index in [1.807, 2.05) is 0 Å². The molecule has 0 bridgehead atoms. The highest BCUT2D eigenvalue weighted by molar-refractivity contribution is 8.00. The number of hydrogen-bond acceptors (Lipinski definition) is 7. The van der Waals surface area contributed by atoms with Crippen molar-refractivity contribution in [2.45, 2.75) is 4.90 Å². The van der Waals surface area contributed by atoms with Gasteiger partial charge in [-0.05, 0) is 18.2 Å². The molecule has 0 saturated carbocycles. The number of rotatable bonds is 6. The van der Waals surface area contributed by atoms with Crippen molar-refractivity contribution in [2.75, 3.05) is 36.8 Å². The Morgan fingerprint density at radius 3 is 2.18 bits per heavy atom. The summed E-state index contributed by atoms with van der Waals surface area (Å²) in [5.74, 6) is 0.0778. The SMILES string of the molecule is O=C(CSc1ccccc1[N+](=O)[O-])N1CCN(c2ccc([N+](=O)[O-])cc2)CC1. The number of thioether (sulfide) groups is 1. The first-order valence-corrected chi connectivity index (χ1v) is 9.57.